The molecular formula is C34H52O12. The van der Waals surface area contributed by atoms with Crippen molar-refractivity contribution in [2.45, 2.75) is 93.4 Å². The number of rotatable bonds is 14. The topological polar surface area (TPSA) is 180 Å². The second-order valence-corrected chi connectivity index (χ2v) is 12.0. The minimum Gasteiger partial charge on any atom is -0.481 e. The summed E-state index contributed by atoms with van der Waals surface area (Å²) in [5, 5.41) is 18.4. The fourth-order valence-corrected chi connectivity index (χ4v) is 5.23. The highest BCUT2D eigenvalue weighted by atomic mass is 16.6. The van der Waals surface area contributed by atoms with Crippen LogP contribution in [0.2, 0.25) is 0 Å². The molecule has 2 bridgehead atoms. The number of carboxylic acid groups (broad SMARTS) is 2. The predicted molar refractivity (Wildman–Crippen MR) is 167 cm³/mol. The van der Waals surface area contributed by atoms with E-state index >= 15 is 0 Å². The lowest BCUT2D eigenvalue weighted by Crippen LogP contribution is -2.34. The summed E-state index contributed by atoms with van der Waals surface area (Å²) in [5.41, 5.74) is -0.189. The first kappa shape index (κ1) is 40.3. The number of hydrogen-bond acceptors (Lipinski definition) is 10. The molecule has 0 aliphatic heterocycles. The fraction of sp³-hybridized carbons (Fsp3) is 0.706. The van der Waals surface area contributed by atoms with E-state index in [1.807, 2.05) is 39.8 Å². The zero-order chi connectivity index (χ0) is 35.0. The van der Waals surface area contributed by atoms with Crippen LogP contribution in [0.3, 0.4) is 0 Å². The third-order valence-electron chi connectivity index (χ3n) is 8.56. The number of ether oxygens (including phenoxy) is 4. The Labute approximate surface area is 271 Å². The molecule has 0 saturated heterocycles. The number of fused-ring (bicyclic) bond motifs is 2. The smallest absolute Gasteiger partial charge is 0.334 e. The molecule has 0 aromatic rings. The van der Waals surface area contributed by atoms with Gasteiger partial charge in [-0.25, -0.2) is 9.59 Å². The van der Waals surface area contributed by atoms with Crippen LogP contribution in [0.1, 0.15) is 93.4 Å². The Morgan fingerprint density at radius 2 is 1.33 bits per heavy atom. The van der Waals surface area contributed by atoms with Crippen LogP contribution in [0.4, 0.5) is 0 Å². The lowest BCUT2D eigenvalue weighted by molar-refractivity contribution is -0.162. The van der Waals surface area contributed by atoms with Crippen molar-refractivity contribution in [3.8, 4) is 0 Å². The molecule has 5 unspecified atom stereocenters. The molecule has 0 aromatic carbocycles. The monoisotopic (exact) mass is 652 g/mol. The van der Waals surface area contributed by atoms with Gasteiger partial charge in [-0.2, -0.15) is 0 Å². The van der Waals surface area contributed by atoms with E-state index in [0.29, 0.717) is 32.1 Å². The number of aliphatic carboxylic acids is 2. The minimum atomic E-state index is -1.07. The molecule has 0 aromatic heterocycles. The highest BCUT2D eigenvalue weighted by Gasteiger charge is 2.52. The van der Waals surface area contributed by atoms with Crippen LogP contribution in [-0.4, -0.2) is 72.5 Å². The van der Waals surface area contributed by atoms with Gasteiger partial charge in [-0.05, 0) is 70.6 Å². The Balaban J connectivity index is 0.000000436. The van der Waals surface area contributed by atoms with Crippen molar-refractivity contribution < 1.29 is 57.9 Å². The first-order chi connectivity index (χ1) is 21.7. The molecule has 12 heteroatoms. The minimum absolute atomic E-state index is 0.00328. The molecule has 46 heavy (non-hydrogen) atoms. The average molecular weight is 653 g/mol. The van der Waals surface area contributed by atoms with Gasteiger partial charge in [0.25, 0.3) is 0 Å². The van der Waals surface area contributed by atoms with Crippen molar-refractivity contribution in [2.75, 3.05) is 26.4 Å². The molecule has 2 N–H and O–H groups in total. The Kier molecular flexibility index (Phi) is 17.3. The molecule has 3 rings (SSSR count). The Hall–Kier alpha value is -3.70. The van der Waals surface area contributed by atoms with E-state index in [1.165, 1.54) is 0 Å². The molecule has 1 saturated carbocycles. The van der Waals surface area contributed by atoms with Gasteiger partial charge in [-0.15, -0.1) is 0 Å². The van der Waals surface area contributed by atoms with Gasteiger partial charge in [0.05, 0.1) is 23.2 Å². The number of carbonyl (C=O) groups excluding carboxylic acids is 4. The van der Waals surface area contributed by atoms with Gasteiger partial charge in [0.15, 0.2) is 0 Å². The van der Waals surface area contributed by atoms with Gasteiger partial charge < -0.3 is 29.2 Å². The van der Waals surface area contributed by atoms with Crippen molar-refractivity contribution in [3.05, 3.63) is 23.3 Å². The standard InChI is InChI=1S/C16H22O6.C16H24O6.C2H6/c1-3-9(2)15(19)21-6-7-22-16(20)13-11-5-4-10(8-11)12(13)14(17)18;1-4-16(2,3)15(20)22-10-9-21-14(19)12-8-6-5-7-11(12)13(17)18;1-2/h4-5,9-13H,3,6-8H2,1-2H3,(H,17,18);4-10H2,1-3H3,(H,17,18);1-2H3. The van der Waals surface area contributed by atoms with Crippen LogP contribution in [-0.2, 0) is 47.7 Å². The second-order valence-electron chi connectivity index (χ2n) is 12.0. The van der Waals surface area contributed by atoms with Crippen LogP contribution in [0, 0.1) is 35.0 Å². The van der Waals surface area contributed by atoms with E-state index in [1.54, 1.807) is 20.8 Å². The van der Waals surface area contributed by atoms with Crippen LogP contribution < -0.4 is 0 Å². The number of hydrogen-bond donors (Lipinski definition) is 2. The highest BCUT2D eigenvalue weighted by molar-refractivity contribution is 5.99. The predicted octanol–water partition coefficient (Wildman–Crippen LogP) is 5.13. The maximum atomic E-state index is 12.1. The maximum Gasteiger partial charge on any atom is 0.334 e. The Morgan fingerprint density at radius 3 is 1.87 bits per heavy atom. The SMILES string of the molecule is CC.CCC(C)(C)C(=O)OCCOC(=O)C1=C(C(=O)O)CCCC1.CCC(C)C(=O)OCCOC(=O)C1C2C=CC(C2)C1C(=O)O. The summed E-state index contributed by atoms with van der Waals surface area (Å²) in [6.07, 6.45) is 8.17. The van der Waals surface area contributed by atoms with Gasteiger partial charge in [0.1, 0.15) is 26.4 Å². The molecule has 12 nitrogen and oxygen atoms in total. The molecule has 0 spiro atoms. The summed E-state index contributed by atoms with van der Waals surface area (Å²) in [4.78, 5) is 69.7. The van der Waals surface area contributed by atoms with Crippen molar-refractivity contribution >= 4 is 35.8 Å². The molecule has 0 heterocycles. The summed E-state index contributed by atoms with van der Waals surface area (Å²) in [7, 11) is 0. The van der Waals surface area contributed by atoms with Crippen molar-refractivity contribution in [1.29, 1.82) is 0 Å². The fourth-order valence-electron chi connectivity index (χ4n) is 5.23. The Morgan fingerprint density at radius 1 is 0.804 bits per heavy atom. The van der Waals surface area contributed by atoms with Crippen molar-refractivity contribution in [2.24, 2.45) is 35.0 Å². The molecular weight excluding hydrogens is 600 g/mol. The normalized spacial score (nSPS) is 21.9. The van der Waals surface area contributed by atoms with Gasteiger partial charge in [-0.1, -0.05) is 46.8 Å². The van der Waals surface area contributed by atoms with Crippen molar-refractivity contribution in [1.82, 2.24) is 0 Å². The van der Waals surface area contributed by atoms with Crippen molar-refractivity contribution in [3.63, 3.8) is 0 Å². The highest BCUT2D eigenvalue weighted by Crippen LogP contribution is 2.48. The summed E-state index contributed by atoms with van der Waals surface area (Å²) in [6.45, 7) is 13.0. The maximum absolute atomic E-state index is 12.1. The van der Waals surface area contributed by atoms with E-state index in [4.69, 9.17) is 24.1 Å². The van der Waals surface area contributed by atoms with E-state index < -0.39 is 41.1 Å². The van der Waals surface area contributed by atoms with Crippen LogP contribution in [0.25, 0.3) is 0 Å². The van der Waals surface area contributed by atoms with E-state index in [0.717, 1.165) is 12.8 Å². The van der Waals surface area contributed by atoms with E-state index in [-0.39, 0.29) is 67.3 Å². The van der Waals surface area contributed by atoms with Crippen LogP contribution in [0.15, 0.2) is 23.3 Å². The lowest BCUT2D eigenvalue weighted by Gasteiger charge is -2.23. The molecule has 5 atom stereocenters. The van der Waals surface area contributed by atoms with E-state index in [9.17, 15) is 33.9 Å². The van der Waals surface area contributed by atoms with Gasteiger partial charge >= 0.3 is 35.8 Å². The van der Waals surface area contributed by atoms with Crippen LogP contribution >= 0.6 is 0 Å². The molecule has 1 fully saturated rings. The van der Waals surface area contributed by atoms with Gasteiger partial charge in [0.2, 0.25) is 0 Å². The lowest BCUT2D eigenvalue weighted by atomic mass is 9.83. The zero-order valence-electron chi connectivity index (χ0n) is 28.3. The summed E-state index contributed by atoms with van der Waals surface area (Å²) >= 11 is 0. The average Bonchev–Trinajstić information content (AvgIpc) is 3.68. The number of esters is 4. The summed E-state index contributed by atoms with van der Waals surface area (Å²) in [5.74, 6) is -5.45. The molecule has 0 amide bonds. The Bertz CT molecular complexity index is 1130. The summed E-state index contributed by atoms with van der Waals surface area (Å²) < 4.78 is 20.2. The largest absolute Gasteiger partial charge is 0.481 e. The third-order valence-corrected chi connectivity index (χ3v) is 8.56. The number of carboxylic acids is 2. The van der Waals surface area contributed by atoms with E-state index in [2.05, 4.69) is 0 Å². The first-order valence-electron chi connectivity index (χ1n) is 16.3. The molecule has 0 radical (unpaired) electrons. The van der Waals surface area contributed by atoms with Gasteiger partial charge in [0, 0.05) is 11.1 Å². The molecule has 3 aliphatic carbocycles. The molecule has 3 aliphatic rings. The zero-order valence-corrected chi connectivity index (χ0v) is 28.3. The first-order valence-corrected chi connectivity index (χ1v) is 16.3. The molecule has 260 valence electrons. The second kappa shape index (κ2) is 19.7. The number of carbonyl (C=O) groups is 6. The summed E-state index contributed by atoms with van der Waals surface area (Å²) in [6, 6.07) is 0. The van der Waals surface area contributed by atoms with Gasteiger partial charge in [-0.3, -0.25) is 19.2 Å². The quantitative estimate of drug-likeness (QED) is 0.109. The number of allylic oxidation sites excluding steroid dienone is 2. The third kappa shape index (κ3) is 11.6. The van der Waals surface area contributed by atoms with Crippen LogP contribution in [0.5, 0.6) is 0 Å².